The van der Waals surface area contributed by atoms with Gasteiger partial charge in [0.05, 0.1) is 6.04 Å². The zero-order valence-corrected chi connectivity index (χ0v) is 20.1. The molecule has 0 saturated carbocycles. The molecule has 0 spiro atoms. The monoisotopic (exact) mass is 460 g/mol. The molecule has 178 valence electrons. The quantitative estimate of drug-likeness (QED) is 0.374. The van der Waals surface area contributed by atoms with Crippen LogP contribution in [-0.4, -0.2) is 42.5 Å². The Hall–Kier alpha value is -2.82. The van der Waals surface area contributed by atoms with Crippen molar-refractivity contribution in [3.8, 4) is 0 Å². The van der Waals surface area contributed by atoms with Gasteiger partial charge in [0.25, 0.3) is 0 Å². The molecular formula is C30H34F2N2. The minimum absolute atomic E-state index is 0.0109. The molecule has 4 heteroatoms. The van der Waals surface area contributed by atoms with Gasteiger partial charge in [0.1, 0.15) is 11.6 Å². The molecular weight excluding hydrogens is 426 g/mol. The lowest BCUT2D eigenvalue weighted by Crippen LogP contribution is -2.47. The van der Waals surface area contributed by atoms with Crippen LogP contribution in [-0.2, 0) is 6.42 Å². The minimum Gasteiger partial charge on any atom is -0.297 e. The molecule has 0 atom stereocenters. The van der Waals surface area contributed by atoms with E-state index in [4.69, 9.17) is 0 Å². The summed E-state index contributed by atoms with van der Waals surface area (Å²) < 4.78 is 27.1. The normalized spacial score (nSPS) is 15.6. The minimum atomic E-state index is -0.243. The largest absolute Gasteiger partial charge is 0.297 e. The zero-order valence-electron chi connectivity index (χ0n) is 20.1. The first kappa shape index (κ1) is 24.3. The van der Waals surface area contributed by atoms with E-state index in [1.807, 2.05) is 24.3 Å². The zero-order chi connectivity index (χ0) is 23.9. The van der Waals surface area contributed by atoms with E-state index in [0.717, 1.165) is 50.3 Å². The summed E-state index contributed by atoms with van der Waals surface area (Å²) in [5, 5.41) is 0. The van der Waals surface area contributed by atoms with Crippen molar-refractivity contribution in [1.82, 2.24) is 9.80 Å². The van der Waals surface area contributed by atoms with Crippen LogP contribution in [0, 0.1) is 17.6 Å². The molecule has 1 fully saturated rings. The summed E-state index contributed by atoms with van der Waals surface area (Å²) in [7, 11) is 0. The molecule has 0 amide bonds. The van der Waals surface area contributed by atoms with Crippen molar-refractivity contribution in [3.05, 3.63) is 113 Å². The molecule has 1 aliphatic rings. The third kappa shape index (κ3) is 6.62. The third-order valence-corrected chi connectivity index (χ3v) is 6.44. The predicted molar refractivity (Wildman–Crippen MR) is 137 cm³/mol. The summed E-state index contributed by atoms with van der Waals surface area (Å²) in [5.41, 5.74) is 4.68. The van der Waals surface area contributed by atoms with Crippen LogP contribution in [0.3, 0.4) is 0 Å². The van der Waals surface area contributed by atoms with Crippen LogP contribution in [0.4, 0.5) is 8.78 Å². The van der Waals surface area contributed by atoms with Crippen molar-refractivity contribution in [3.63, 3.8) is 0 Å². The Balaban J connectivity index is 1.36. The van der Waals surface area contributed by atoms with Crippen molar-refractivity contribution in [1.29, 1.82) is 0 Å². The van der Waals surface area contributed by atoms with Gasteiger partial charge >= 0.3 is 0 Å². The molecule has 0 aliphatic carbocycles. The van der Waals surface area contributed by atoms with Gasteiger partial charge in [-0.05, 0) is 58.9 Å². The van der Waals surface area contributed by atoms with Crippen LogP contribution in [0.5, 0.6) is 0 Å². The molecule has 3 aromatic rings. The first-order valence-corrected chi connectivity index (χ1v) is 12.2. The summed E-state index contributed by atoms with van der Waals surface area (Å²) in [6, 6.07) is 22.2. The lowest BCUT2D eigenvalue weighted by atomic mass is 9.96. The molecule has 0 radical (unpaired) electrons. The summed E-state index contributed by atoms with van der Waals surface area (Å²) in [4.78, 5) is 4.86. The third-order valence-electron chi connectivity index (χ3n) is 6.44. The predicted octanol–water partition coefficient (Wildman–Crippen LogP) is 6.58. The molecule has 34 heavy (non-hydrogen) atoms. The summed E-state index contributed by atoms with van der Waals surface area (Å²) >= 11 is 0. The highest BCUT2D eigenvalue weighted by Crippen LogP contribution is 2.30. The van der Waals surface area contributed by atoms with Crippen molar-refractivity contribution in [2.45, 2.75) is 26.3 Å². The number of rotatable bonds is 8. The average Bonchev–Trinajstić information content (AvgIpc) is 2.83. The van der Waals surface area contributed by atoms with Crippen LogP contribution in [0.25, 0.3) is 6.08 Å². The fraction of sp³-hybridized carbons (Fsp3) is 0.333. The van der Waals surface area contributed by atoms with Gasteiger partial charge in [0, 0.05) is 32.7 Å². The van der Waals surface area contributed by atoms with Crippen LogP contribution < -0.4 is 0 Å². The van der Waals surface area contributed by atoms with Crippen molar-refractivity contribution < 1.29 is 8.78 Å². The average molecular weight is 461 g/mol. The Bertz CT molecular complexity index is 1000. The standard InChI is InChI=1S/C30H34F2N2/c1-23(2)22-25-7-5-24(6-8-25)4-3-17-33-18-20-34(21-19-33)30(26-9-13-28(31)14-10-26)27-11-15-29(32)16-12-27/h3-16,23,30H,17-22H2,1-2H3/b4-3+. The van der Waals surface area contributed by atoms with E-state index in [-0.39, 0.29) is 17.7 Å². The topological polar surface area (TPSA) is 6.48 Å². The molecule has 0 aromatic heterocycles. The first-order valence-electron chi connectivity index (χ1n) is 12.2. The van der Waals surface area contributed by atoms with Crippen molar-refractivity contribution in [2.24, 2.45) is 5.92 Å². The van der Waals surface area contributed by atoms with E-state index in [1.165, 1.54) is 35.4 Å². The maximum atomic E-state index is 13.5. The number of piperazine rings is 1. The van der Waals surface area contributed by atoms with Gasteiger partial charge in [-0.25, -0.2) is 8.78 Å². The summed E-state index contributed by atoms with van der Waals surface area (Å²) in [6.07, 6.45) is 5.56. The second-order valence-corrected chi connectivity index (χ2v) is 9.58. The number of nitrogens with zero attached hydrogens (tertiary/aromatic N) is 2. The maximum Gasteiger partial charge on any atom is 0.123 e. The SMILES string of the molecule is CC(C)Cc1ccc(/C=C/CN2CCN(C(c3ccc(F)cc3)c3ccc(F)cc3)CC2)cc1. The fourth-order valence-corrected chi connectivity index (χ4v) is 4.68. The van der Waals surface area contributed by atoms with Crippen LogP contribution in [0.2, 0.25) is 0 Å². The Morgan fingerprint density at radius 2 is 1.26 bits per heavy atom. The van der Waals surface area contributed by atoms with Crippen molar-refractivity contribution in [2.75, 3.05) is 32.7 Å². The van der Waals surface area contributed by atoms with Crippen LogP contribution in [0.1, 0.15) is 42.1 Å². The summed E-state index contributed by atoms with van der Waals surface area (Å²) in [6.45, 7) is 9.12. The highest BCUT2D eigenvalue weighted by molar-refractivity contribution is 5.49. The number of hydrogen-bond donors (Lipinski definition) is 0. The van der Waals surface area contributed by atoms with Crippen LogP contribution >= 0.6 is 0 Å². The molecule has 1 aliphatic heterocycles. The van der Waals surface area contributed by atoms with Gasteiger partial charge in [-0.15, -0.1) is 0 Å². The number of halogens is 2. The first-order chi connectivity index (χ1) is 16.5. The van der Waals surface area contributed by atoms with Crippen LogP contribution in [0.15, 0.2) is 78.9 Å². The Kier molecular flexibility index (Phi) is 8.25. The van der Waals surface area contributed by atoms with E-state index in [9.17, 15) is 8.78 Å². The van der Waals surface area contributed by atoms with Gasteiger partial charge in [0.2, 0.25) is 0 Å². The molecule has 0 unspecified atom stereocenters. The van der Waals surface area contributed by atoms with E-state index >= 15 is 0 Å². The van der Waals surface area contributed by atoms with Gasteiger partial charge in [-0.2, -0.15) is 0 Å². The lowest BCUT2D eigenvalue weighted by Gasteiger charge is -2.39. The van der Waals surface area contributed by atoms with Gasteiger partial charge in [-0.3, -0.25) is 9.80 Å². The van der Waals surface area contributed by atoms with Crippen molar-refractivity contribution >= 4 is 6.08 Å². The Morgan fingerprint density at radius 3 is 1.76 bits per heavy atom. The summed E-state index contributed by atoms with van der Waals surface area (Å²) in [5.74, 6) is 0.186. The second kappa shape index (κ2) is 11.5. The van der Waals surface area contributed by atoms with E-state index in [0.29, 0.717) is 5.92 Å². The highest BCUT2D eigenvalue weighted by Gasteiger charge is 2.26. The van der Waals surface area contributed by atoms with Gasteiger partial charge in [-0.1, -0.05) is 74.5 Å². The van der Waals surface area contributed by atoms with Gasteiger partial charge < -0.3 is 0 Å². The second-order valence-electron chi connectivity index (χ2n) is 9.58. The number of benzene rings is 3. The highest BCUT2D eigenvalue weighted by atomic mass is 19.1. The Morgan fingerprint density at radius 1 is 0.735 bits per heavy atom. The number of hydrogen-bond acceptors (Lipinski definition) is 2. The smallest absolute Gasteiger partial charge is 0.123 e. The molecule has 4 rings (SSSR count). The van der Waals surface area contributed by atoms with E-state index in [1.54, 1.807) is 0 Å². The molecule has 1 saturated heterocycles. The lowest BCUT2D eigenvalue weighted by molar-refractivity contribution is 0.118. The molecule has 3 aromatic carbocycles. The van der Waals surface area contributed by atoms with Gasteiger partial charge in [0.15, 0.2) is 0 Å². The molecule has 0 N–H and O–H groups in total. The van der Waals surface area contributed by atoms with E-state index < -0.39 is 0 Å². The fourth-order valence-electron chi connectivity index (χ4n) is 4.68. The maximum absolute atomic E-state index is 13.5. The molecule has 2 nitrogen and oxygen atoms in total. The van der Waals surface area contributed by atoms with E-state index in [2.05, 4.69) is 60.1 Å². The Labute approximate surface area is 202 Å². The molecule has 1 heterocycles. The molecule has 0 bridgehead atoms.